The van der Waals surface area contributed by atoms with Gasteiger partial charge in [0.05, 0.1) is 24.2 Å². The molecule has 0 radical (unpaired) electrons. The summed E-state index contributed by atoms with van der Waals surface area (Å²) in [7, 11) is 1.61. The van der Waals surface area contributed by atoms with E-state index < -0.39 is 0 Å². The van der Waals surface area contributed by atoms with E-state index in [0.29, 0.717) is 22.2 Å². The first-order valence-corrected chi connectivity index (χ1v) is 11.2. The maximum absolute atomic E-state index is 14.2. The fourth-order valence-corrected chi connectivity index (χ4v) is 4.56. The third-order valence-electron chi connectivity index (χ3n) is 5.36. The zero-order valence-corrected chi connectivity index (χ0v) is 18.6. The van der Waals surface area contributed by atoms with Gasteiger partial charge in [0.1, 0.15) is 11.6 Å². The number of para-hydroxylation sites is 1. The minimum atomic E-state index is -0.236. The lowest BCUT2D eigenvalue weighted by molar-refractivity contribution is -0.115. The molecule has 0 saturated carbocycles. The number of hydrogen-bond acceptors (Lipinski definition) is 4. The smallest absolute Gasteiger partial charge is 0.264 e. The van der Waals surface area contributed by atoms with E-state index in [2.05, 4.69) is 10.3 Å². The zero-order chi connectivity index (χ0) is 22.8. The molecule has 1 aromatic heterocycles. The molecule has 1 N–H and O–H groups in total. The van der Waals surface area contributed by atoms with Gasteiger partial charge in [-0.3, -0.25) is 4.79 Å². The Kier molecular flexibility index (Phi) is 5.71. The molecule has 0 aliphatic carbocycles. The average Bonchev–Trinajstić information content (AvgIpc) is 3.35. The number of carbonyl (C=O) groups is 1. The lowest BCUT2D eigenvalue weighted by Gasteiger charge is -2.06. The number of aromatic nitrogens is 1. The molecule has 0 unspecified atom stereocenters. The molecule has 5 nitrogen and oxygen atoms in total. The molecular formula is C26H20FN3O2S. The highest BCUT2D eigenvalue weighted by molar-refractivity contribution is 8.18. The number of thioether (sulfide) groups is 1. The van der Waals surface area contributed by atoms with Gasteiger partial charge in [-0.25, -0.2) is 9.38 Å². The van der Waals surface area contributed by atoms with Crippen molar-refractivity contribution in [2.75, 3.05) is 7.11 Å². The summed E-state index contributed by atoms with van der Waals surface area (Å²) >= 11 is 1.29. The van der Waals surface area contributed by atoms with Gasteiger partial charge in [-0.05, 0) is 54.2 Å². The van der Waals surface area contributed by atoms with Crippen LogP contribution in [0.4, 0.5) is 10.1 Å². The molecule has 33 heavy (non-hydrogen) atoms. The zero-order valence-electron chi connectivity index (χ0n) is 17.8. The fourth-order valence-electron chi connectivity index (χ4n) is 3.73. The van der Waals surface area contributed by atoms with Crippen molar-refractivity contribution >= 4 is 45.5 Å². The van der Waals surface area contributed by atoms with Gasteiger partial charge >= 0.3 is 0 Å². The number of aliphatic imine (C=N–C) groups is 1. The summed E-state index contributed by atoms with van der Waals surface area (Å²) in [5, 5.41) is 4.34. The highest BCUT2D eigenvalue weighted by atomic mass is 32.2. The van der Waals surface area contributed by atoms with Crippen molar-refractivity contribution in [1.82, 2.24) is 9.88 Å². The van der Waals surface area contributed by atoms with Gasteiger partial charge in [0.15, 0.2) is 5.17 Å². The number of fused-ring (bicyclic) bond motifs is 1. The number of amides is 1. The maximum atomic E-state index is 14.2. The Bertz CT molecular complexity index is 1410. The Morgan fingerprint density at radius 2 is 1.82 bits per heavy atom. The summed E-state index contributed by atoms with van der Waals surface area (Å²) in [6.45, 7) is 0.403. The van der Waals surface area contributed by atoms with Gasteiger partial charge < -0.3 is 14.6 Å². The van der Waals surface area contributed by atoms with Crippen LogP contribution in [0.2, 0.25) is 0 Å². The standard InChI is InChI=1S/C26H20FN3O2S/c1-32-20-12-10-19(11-13-20)28-26-29-25(31)24(33-26)14-18-16-30(23-9-5-3-7-21(18)23)15-17-6-2-4-8-22(17)27/h2-14,16H,15H2,1H3,(H,28,29,31)/b24-14+. The van der Waals surface area contributed by atoms with E-state index in [9.17, 15) is 9.18 Å². The Hall–Kier alpha value is -3.84. The van der Waals surface area contributed by atoms with E-state index in [4.69, 9.17) is 4.74 Å². The molecule has 1 aliphatic heterocycles. The number of amidine groups is 1. The first-order valence-electron chi connectivity index (χ1n) is 10.4. The van der Waals surface area contributed by atoms with Gasteiger partial charge in [0.25, 0.3) is 5.91 Å². The number of nitrogens with zero attached hydrogens (tertiary/aromatic N) is 2. The third-order valence-corrected chi connectivity index (χ3v) is 6.27. The van der Waals surface area contributed by atoms with Crippen LogP contribution in [0.1, 0.15) is 11.1 Å². The van der Waals surface area contributed by atoms with Crippen LogP contribution in [-0.4, -0.2) is 22.8 Å². The molecular weight excluding hydrogens is 437 g/mol. The molecule has 3 aromatic carbocycles. The van der Waals surface area contributed by atoms with E-state index in [-0.39, 0.29) is 11.7 Å². The highest BCUT2D eigenvalue weighted by Gasteiger charge is 2.24. The molecule has 0 spiro atoms. The predicted octanol–water partition coefficient (Wildman–Crippen LogP) is 5.73. The Morgan fingerprint density at radius 1 is 1.06 bits per heavy atom. The number of halogens is 1. The average molecular weight is 458 g/mol. The third kappa shape index (κ3) is 4.40. The second kappa shape index (κ2) is 8.96. The maximum Gasteiger partial charge on any atom is 0.264 e. The van der Waals surface area contributed by atoms with Crippen molar-refractivity contribution in [2.24, 2.45) is 4.99 Å². The van der Waals surface area contributed by atoms with Gasteiger partial charge in [-0.2, -0.15) is 0 Å². The largest absolute Gasteiger partial charge is 0.497 e. The molecule has 1 amide bonds. The second-order valence-electron chi connectivity index (χ2n) is 7.50. The number of nitrogens with one attached hydrogen (secondary N) is 1. The lowest BCUT2D eigenvalue weighted by atomic mass is 10.1. The molecule has 5 rings (SSSR count). The first-order chi connectivity index (χ1) is 16.1. The first kappa shape index (κ1) is 21.0. The summed E-state index contributed by atoms with van der Waals surface area (Å²) < 4.78 is 21.4. The highest BCUT2D eigenvalue weighted by Crippen LogP contribution is 2.31. The molecule has 1 aliphatic rings. The molecule has 164 valence electrons. The minimum absolute atomic E-state index is 0.196. The van der Waals surface area contributed by atoms with Crippen LogP contribution in [0.25, 0.3) is 17.0 Å². The van der Waals surface area contributed by atoms with Crippen LogP contribution in [0, 0.1) is 5.82 Å². The topological polar surface area (TPSA) is 55.6 Å². The second-order valence-corrected chi connectivity index (χ2v) is 8.53. The van der Waals surface area contributed by atoms with E-state index in [1.807, 2.05) is 71.4 Å². The summed E-state index contributed by atoms with van der Waals surface area (Å²) in [5.74, 6) is 0.313. The van der Waals surface area contributed by atoms with Crippen molar-refractivity contribution in [3.05, 3.63) is 101 Å². The minimum Gasteiger partial charge on any atom is -0.497 e. The molecule has 0 atom stereocenters. The number of benzene rings is 3. The summed E-state index contributed by atoms with van der Waals surface area (Å²) in [4.78, 5) is 17.7. The van der Waals surface area contributed by atoms with Gasteiger partial charge in [0.2, 0.25) is 0 Å². The number of methoxy groups -OCH3 is 1. The fraction of sp³-hybridized carbons (Fsp3) is 0.0769. The molecule has 1 saturated heterocycles. The van der Waals surface area contributed by atoms with Crippen LogP contribution < -0.4 is 10.1 Å². The summed E-state index contributed by atoms with van der Waals surface area (Å²) in [6.07, 6.45) is 3.81. The van der Waals surface area contributed by atoms with E-state index in [0.717, 1.165) is 27.9 Å². The van der Waals surface area contributed by atoms with Crippen molar-refractivity contribution in [2.45, 2.75) is 6.54 Å². The van der Waals surface area contributed by atoms with E-state index in [1.54, 1.807) is 19.2 Å². The molecule has 2 heterocycles. The summed E-state index contributed by atoms with van der Waals surface area (Å²) in [6, 6.07) is 22.0. The summed E-state index contributed by atoms with van der Waals surface area (Å²) in [5.41, 5.74) is 3.20. The molecule has 0 bridgehead atoms. The van der Waals surface area contributed by atoms with Crippen LogP contribution in [0.15, 0.2) is 88.9 Å². The Labute approximate surface area is 194 Å². The number of ether oxygens (including phenoxy) is 1. The Morgan fingerprint density at radius 3 is 2.61 bits per heavy atom. The predicted molar refractivity (Wildman–Crippen MR) is 131 cm³/mol. The van der Waals surface area contributed by atoms with Crippen LogP contribution in [0.3, 0.4) is 0 Å². The van der Waals surface area contributed by atoms with E-state index >= 15 is 0 Å². The molecule has 1 fully saturated rings. The van der Waals surface area contributed by atoms with Gasteiger partial charge in [-0.15, -0.1) is 0 Å². The monoisotopic (exact) mass is 457 g/mol. The molecule has 7 heteroatoms. The van der Waals surface area contributed by atoms with E-state index in [1.165, 1.54) is 17.8 Å². The van der Waals surface area contributed by atoms with Crippen molar-refractivity contribution < 1.29 is 13.9 Å². The van der Waals surface area contributed by atoms with Crippen LogP contribution >= 0.6 is 11.8 Å². The SMILES string of the molecule is COc1ccc(N=C2NC(=O)/C(=C\c3cn(Cc4ccccc4F)c4ccccc34)S2)cc1. The van der Waals surface area contributed by atoms with Crippen molar-refractivity contribution in [3.63, 3.8) is 0 Å². The quantitative estimate of drug-likeness (QED) is 0.390. The normalized spacial score (nSPS) is 16.0. The Balaban J connectivity index is 1.45. The number of hydrogen-bond donors (Lipinski definition) is 1. The van der Waals surface area contributed by atoms with Crippen LogP contribution in [-0.2, 0) is 11.3 Å². The van der Waals surface area contributed by atoms with Crippen molar-refractivity contribution in [3.8, 4) is 5.75 Å². The lowest BCUT2D eigenvalue weighted by Crippen LogP contribution is -2.19. The van der Waals surface area contributed by atoms with Gasteiger partial charge in [0, 0.05) is 28.2 Å². The molecule has 4 aromatic rings. The number of carbonyl (C=O) groups excluding carboxylic acids is 1. The number of rotatable bonds is 5. The van der Waals surface area contributed by atoms with Crippen LogP contribution in [0.5, 0.6) is 5.75 Å². The van der Waals surface area contributed by atoms with Gasteiger partial charge in [-0.1, -0.05) is 36.4 Å². The van der Waals surface area contributed by atoms with Crippen molar-refractivity contribution in [1.29, 1.82) is 0 Å².